The van der Waals surface area contributed by atoms with Crippen LogP contribution in [0.25, 0.3) is 0 Å². The lowest BCUT2D eigenvalue weighted by Crippen LogP contribution is -1.93. The van der Waals surface area contributed by atoms with E-state index in [1.807, 2.05) is 18.2 Å². The van der Waals surface area contributed by atoms with Gasteiger partial charge in [0.2, 0.25) is 0 Å². The number of aryl methyl sites for hydroxylation is 1. The molecule has 4 nitrogen and oxygen atoms in total. The molecular formula is C11H12N4S. The van der Waals surface area contributed by atoms with Gasteiger partial charge in [-0.3, -0.25) is 0 Å². The highest BCUT2D eigenvalue weighted by Gasteiger charge is 2.04. The van der Waals surface area contributed by atoms with Gasteiger partial charge in [-0.2, -0.15) is 0 Å². The van der Waals surface area contributed by atoms with E-state index in [1.54, 1.807) is 12.5 Å². The number of nitrogens with two attached hydrogens (primary N) is 1. The second-order valence-corrected chi connectivity index (χ2v) is 4.21. The molecule has 0 radical (unpaired) electrons. The van der Waals surface area contributed by atoms with Gasteiger partial charge in [0.05, 0.1) is 5.69 Å². The zero-order valence-corrected chi connectivity index (χ0v) is 9.74. The number of aromatic nitrogens is 3. The molecule has 0 amide bonds. The Morgan fingerprint density at radius 3 is 2.94 bits per heavy atom. The standard InChI is InChI=1S/C11H12N4S/c1-2-8-6-10(15-7-14-8)16-11-9(12)4-3-5-13-11/h3-7H,2,12H2,1H3. The third-order valence-electron chi connectivity index (χ3n) is 2.06. The second kappa shape index (κ2) is 4.94. The van der Waals surface area contributed by atoms with E-state index < -0.39 is 0 Å². The predicted octanol–water partition coefficient (Wildman–Crippen LogP) is 2.17. The summed E-state index contributed by atoms with van der Waals surface area (Å²) >= 11 is 1.46. The van der Waals surface area contributed by atoms with Gasteiger partial charge in [0, 0.05) is 11.9 Å². The molecule has 2 aromatic heterocycles. The number of nitrogens with zero attached hydrogens (tertiary/aromatic N) is 3. The fourth-order valence-electron chi connectivity index (χ4n) is 1.21. The van der Waals surface area contributed by atoms with Gasteiger partial charge in [-0.1, -0.05) is 6.92 Å². The summed E-state index contributed by atoms with van der Waals surface area (Å²) < 4.78 is 0. The van der Waals surface area contributed by atoms with Crippen molar-refractivity contribution in [2.75, 3.05) is 5.73 Å². The average molecular weight is 232 g/mol. The van der Waals surface area contributed by atoms with Crippen LogP contribution in [-0.2, 0) is 6.42 Å². The Hall–Kier alpha value is -1.62. The topological polar surface area (TPSA) is 64.7 Å². The predicted molar refractivity (Wildman–Crippen MR) is 64.2 cm³/mol. The molecule has 2 rings (SSSR count). The minimum Gasteiger partial charge on any atom is -0.397 e. The summed E-state index contributed by atoms with van der Waals surface area (Å²) in [5.74, 6) is 0. The van der Waals surface area contributed by atoms with Crippen LogP contribution in [0.4, 0.5) is 5.69 Å². The van der Waals surface area contributed by atoms with Crippen molar-refractivity contribution in [3.8, 4) is 0 Å². The Balaban J connectivity index is 2.24. The summed E-state index contributed by atoms with van der Waals surface area (Å²) in [6.45, 7) is 2.06. The van der Waals surface area contributed by atoms with Gasteiger partial charge in [-0.25, -0.2) is 15.0 Å². The van der Waals surface area contributed by atoms with Gasteiger partial charge in [0.15, 0.2) is 0 Å². The van der Waals surface area contributed by atoms with Gasteiger partial charge >= 0.3 is 0 Å². The van der Waals surface area contributed by atoms with Crippen LogP contribution in [0, 0.1) is 0 Å². The molecular weight excluding hydrogens is 220 g/mol. The molecule has 0 aromatic carbocycles. The summed E-state index contributed by atoms with van der Waals surface area (Å²) in [4.78, 5) is 12.5. The Kier molecular flexibility index (Phi) is 3.36. The molecule has 2 aromatic rings. The van der Waals surface area contributed by atoms with Gasteiger partial charge in [0.25, 0.3) is 0 Å². The lowest BCUT2D eigenvalue weighted by molar-refractivity contribution is 0.944. The number of pyridine rings is 1. The molecule has 2 N–H and O–H groups in total. The normalized spacial score (nSPS) is 10.3. The molecule has 16 heavy (non-hydrogen) atoms. The van der Waals surface area contributed by atoms with Crippen molar-refractivity contribution in [1.29, 1.82) is 0 Å². The quantitative estimate of drug-likeness (QED) is 0.821. The molecule has 0 aliphatic carbocycles. The van der Waals surface area contributed by atoms with Crippen LogP contribution < -0.4 is 5.73 Å². The fraction of sp³-hybridized carbons (Fsp3) is 0.182. The lowest BCUT2D eigenvalue weighted by atomic mass is 10.3. The summed E-state index contributed by atoms with van der Waals surface area (Å²) in [7, 11) is 0. The molecule has 0 unspecified atom stereocenters. The van der Waals surface area contributed by atoms with Crippen molar-refractivity contribution >= 4 is 17.4 Å². The van der Waals surface area contributed by atoms with Crippen molar-refractivity contribution in [3.05, 3.63) is 36.4 Å². The van der Waals surface area contributed by atoms with Crippen molar-refractivity contribution in [2.24, 2.45) is 0 Å². The molecule has 0 spiro atoms. The van der Waals surface area contributed by atoms with Gasteiger partial charge in [-0.05, 0) is 36.4 Å². The van der Waals surface area contributed by atoms with Crippen molar-refractivity contribution in [2.45, 2.75) is 23.4 Å². The van der Waals surface area contributed by atoms with Crippen molar-refractivity contribution in [1.82, 2.24) is 15.0 Å². The highest BCUT2D eigenvalue weighted by Crippen LogP contribution is 2.28. The Morgan fingerprint density at radius 2 is 2.19 bits per heavy atom. The van der Waals surface area contributed by atoms with E-state index in [0.717, 1.165) is 22.2 Å². The maximum Gasteiger partial charge on any atom is 0.125 e. The van der Waals surface area contributed by atoms with Gasteiger partial charge < -0.3 is 5.73 Å². The molecule has 0 atom stereocenters. The lowest BCUT2D eigenvalue weighted by Gasteiger charge is -2.03. The van der Waals surface area contributed by atoms with Crippen LogP contribution in [0.2, 0.25) is 0 Å². The molecule has 0 aliphatic heterocycles. The maximum absolute atomic E-state index is 5.81. The first kappa shape index (κ1) is 10.9. The monoisotopic (exact) mass is 232 g/mol. The van der Waals surface area contributed by atoms with E-state index in [-0.39, 0.29) is 0 Å². The van der Waals surface area contributed by atoms with Gasteiger partial charge in [0.1, 0.15) is 16.4 Å². The van der Waals surface area contributed by atoms with Crippen LogP contribution in [-0.4, -0.2) is 15.0 Å². The largest absolute Gasteiger partial charge is 0.397 e. The minimum atomic E-state index is 0.671. The molecule has 0 fully saturated rings. The first-order valence-electron chi connectivity index (χ1n) is 4.99. The smallest absolute Gasteiger partial charge is 0.125 e. The van der Waals surface area contributed by atoms with E-state index >= 15 is 0 Å². The van der Waals surface area contributed by atoms with E-state index in [4.69, 9.17) is 5.73 Å². The molecule has 82 valence electrons. The average Bonchev–Trinajstić information content (AvgIpc) is 2.32. The first-order chi connectivity index (χ1) is 7.79. The van der Waals surface area contributed by atoms with Crippen molar-refractivity contribution in [3.63, 3.8) is 0 Å². The zero-order chi connectivity index (χ0) is 11.4. The molecule has 0 saturated carbocycles. The fourth-order valence-corrected chi connectivity index (χ4v) is 2.01. The SMILES string of the molecule is CCc1cc(Sc2ncccc2N)ncn1. The van der Waals surface area contributed by atoms with Crippen LogP contribution in [0.5, 0.6) is 0 Å². The van der Waals surface area contributed by atoms with E-state index in [1.165, 1.54) is 11.8 Å². The summed E-state index contributed by atoms with van der Waals surface area (Å²) in [5, 5.41) is 1.65. The minimum absolute atomic E-state index is 0.671. The maximum atomic E-state index is 5.81. The third-order valence-corrected chi connectivity index (χ3v) is 3.03. The summed E-state index contributed by atoms with van der Waals surface area (Å²) in [5.41, 5.74) is 7.50. The highest BCUT2D eigenvalue weighted by atomic mass is 32.2. The zero-order valence-electron chi connectivity index (χ0n) is 8.92. The number of hydrogen-bond donors (Lipinski definition) is 1. The number of rotatable bonds is 3. The highest BCUT2D eigenvalue weighted by molar-refractivity contribution is 7.99. The second-order valence-electron chi connectivity index (χ2n) is 3.20. The Bertz CT molecular complexity index is 487. The van der Waals surface area contributed by atoms with E-state index in [0.29, 0.717) is 5.69 Å². The number of anilines is 1. The molecule has 0 saturated heterocycles. The Labute approximate surface area is 98.3 Å². The Morgan fingerprint density at radius 1 is 1.31 bits per heavy atom. The molecule has 0 bridgehead atoms. The summed E-state index contributed by atoms with van der Waals surface area (Å²) in [6.07, 6.45) is 4.19. The number of hydrogen-bond acceptors (Lipinski definition) is 5. The molecule has 0 aliphatic rings. The molecule has 2 heterocycles. The van der Waals surface area contributed by atoms with Crippen molar-refractivity contribution < 1.29 is 0 Å². The van der Waals surface area contributed by atoms with Crippen LogP contribution in [0.15, 0.2) is 40.8 Å². The third kappa shape index (κ3) is 2.49. The summed E-state index contributed by atoms with van der Waals surface area (Å²) in [6, 6.07) is 5.60. The van der Waals surface area contributed by atoms with Gasteiger partial charge in [-0.15, -0.1) is 0 Å². The first-order valence-corrected chi connectivity index (χ1v) is 5.80. The number of nitrogen functional groups attached to an aromatic ring is 1. The molecule has 5 heteroatoms. The van der Waals surface area contributed by atoms with E-state index in [2.05, 4.69) is 21.9 Å². The van der Waals surface area contributed by atoms with Crippen LogP contribution in [0.3, 0.4) is 0 Å². The van der Waals surface area contributed by atoms with Crippen LogP contribution >= 0.6 is 11.8 Å². The van der Waals surface area contributed by atoms with Crippen LogP contribution in [0.1, 0.15) is 12.6 Å². The van der Waals surface area contributed by atoms with E-state index in [9.17, 15) is 0 Å².